The van der Waals surface area contributed by atoms with Crippen molar-refractivity contribution in [1.82, 2.24) is 0 Å². The van der Waals surface area contributed by atoms with E-state index >= 15 is 0 Å². The zero-order valence-corrected chi connectivity index (χ0v) is 9.96. The van der Waals surface area contributed by atoms with Crippen molar-refractivity contribution in [3.63, 3.8) is 0 Å². The van der Waals surface area contributed by atoms with Crippen molar-refractivity contribution in [3.05, 3.63) is 30.3 Å². The molecule has 0 unspecified atom stereocenters. The first kappa shape index (κ1) is 13.2. The first-order valence-corrected chi connectivity index (χ1v) is 7.16. The molecule has 0 heterocycles. The van der Waals surface area contributed by atoms with Crippen LogP contribution in [0.1, 0.15) is 0 Å². The van der Waals surface area contributed by atoms with E-state index in [0.29, 0.717) is 0 Å². The Labute approximate surface area is 86.3 Å². The van der Waals surface area contributed by atoms with E-state index in [1.807, 2.05) is 32.3 Å². The number of anilines is 1. The van der Waals surface area contributed by atoms with Gasteiger partial charge in [-0.2, -0.15) is 0 Å². The van der Waals surface area contributed by atoms with Crippen LogP contribution >= 0.6 is 0 Å². The number of para-hydroxylation sites is 1. The standard InChI is InChI=1S/C8H11N.Mo.2H2O.2O/c1-9(2)8-6-4-3-5-7-8;;;;;/h3-7H,1-2H3;;2*1H2;;/q;+2;;;;/p-2. The van der Waals surface area contributed by atoms with E-state index in [-0.39, 0.29) is 0 Å². The Bertz CT molecular complexity index is 339. The third-order valence-corrected chi connectivity index (χ3v) is 1.27. The van der Waals surface area contributed by atoms with Gasteiger partial charge in [0.05, 0.1) is 0 Å². The van der Waals surface area contributed by atoms with E-state index in [1.165, 1.54) is 5.69 Å². The second kappa shape index (κ2) is 5.85. The third kappa shape index (κ3) is 9.32. The van der Waals surface area contributed by atoms with Gasteiger partial charge in [0, 0.05) is 19.8 Å². The Kier molecular flexibility index (Phi) is 5.53. The van der Waals surface area contributed by atoms with Gasteiger partial charge >= 0.3 is 31.1 Å². The van der Waals surface area contributed by atoms with Crippen LogP contribution in [-0.4, -0.2) is 21.6 Å². The van der Waals surface area contributed by atoms with Gasteiger partial charge in [0.2, 0.25) is 0 Å². The second-order valence-electron chi connectivity index (χ2n) is 2.68. The van der Waals surface area contributed by atoms with Gasteiger partial charge in [-0.05, 0) is 12.1 Å². The molecule has 0 aliphatic carbocycles. The molecule has 0 aliphatic heterocycles. The first-order valence-electron chi connectivity index (χ1n) is 3.73. The fourth-order valence-electron chi connectivity index (χ4n) is 0.726. The molecule has 0 aliphatic rings. The van der Waals surface area contributed by atoms with Crippen molar-refractivity contribution in [1.29, 1.82) is 0 Å². The van der Waals surface area contributed by atoms with Crippen molar-refractivity contribution in [3.8, 4) is 0 Å². The molecule has 1 aromatic carbocycles. The van der Waals surface area contributed by atoms with E-state index in [9.17, 15) is 0 Å². The molecular weight excluding hydrogens is 270 g/mol. The summed E-state index contributed by atoms with van der Waals surface area (Å²) in [4.78, 5) is 2.08. The third-order valence-electron chi connectivity index (χ3n) is 1.27. The zero-order chi connectivity index (χ0) is 11.2. The summed E-state index contributed by atoms with van der Waals surface area (Å²) >= 11 is -5.52. The summed E-state index contributed by atoms with van der Waals surface area (Å²) in [6, 6.07) is 10.3. The number of benzene rings is 1. The fraction of sp³-hybridized carbons (Fsp3) is 0.250. The molecule has 1 rings (SSSR count). The summed E-state index contributed by atoms with van der Waals surface area (Å²) in [7, 11) is 4.07. The van der Waals surface area contributed by atoms with Crippen LogP contribution in [0.2, 0.25) is 0 Å². The summed E-state index contributed by atoms with van der Waals surface area (Å²) in [5.41, 5.74) is 1.25. The Hall–Kier alpha value is -0.772. The SMILES string of the molecule is CN(C)c1ccccc1.[O]=[Mo](=[O])([OH])[OH]. The van der Waals surface area contributed by atoms with Crippen LogP contribution < -0.4 is 4.90 Å². The molecule has 0 atom stereocenters. The van der Waals surface area contributed by atoms with Crippen LogP contribution in [0.15, 0.2) is 30.3 Å². The molecule has 0 saturated carbocycles. The quantitative estimate of drug-likeness (QED) is 0.729. The molecule has 0 saturated heterocycles. The van der Waals surface area contributed by atoms with Gasteiger partial charge in [0.15, 0.2) is 0 Å². The Morgan fingerprint density at radius 2 is 1.43 bits per heavy atom. The van der Waals surface area contributed by atoms with Gasteiger partial charge in [-0.1, -0.05) is 18.2 Å². The van der Waals surface area contributed by atoms with Crippen molar-refractivity contribution in [2.24, 2.45) is 0 Å². The van der Waals surface area contributed by atoms with E-state index in [1.54, 1.807) is 0 Å². The Morgan fingerprint density at radius 3 is 1.64 bits per heavy atom. The van der Waals surface area contributed by atoms with E-state index in [2.05, 4.69) is 17.0 Å². The molecular formula is C8H13MoNO4. The normalized spacial score (nSPS) is 10.0. The molecule has 0 bridgehead atoms. The second-order valence-corrected chi connectivity index (χ2v) is 4.88. The molecule has 80 valence electrons. The molecule has 1 aromatic rings. The van der Waals surface area contributed by atoms with Crippen LogP contribution in [0.3, 0.4) is 0 Å². The summed E-state index contributed by atoms with van der Waals surface area (Å²) in [6.07, 6.45) is 0. The van der Waals surface area contributed by atoms with E-state index in [0.717, 1.165) is 0 Å². The fourth-order valence-corrected chi connectivity index (χ4v) is 0.726. The van der Waals surface area contributed by atoms with Gasteiger partial charge in [-0.3, -0.25) is 0 Å². The summed E-state index contributed by atoms with van der Waals surface area (Å²) in [6.45, 7) is 0. The molecule has 2 N–H and O–H groups in total. The van der Waals surface area contributed by atoms with Crippen molar-refractivity contribution in [2.75, 3.05) is 19.0 Å². The predicted octanol–water partition coefficient (Wildman–Crippen LogP) is 0.398. The van der Waals surface area contributed by atoms with Crippen molar-refractivity contribution >= 4 is 5.69 Å². The predicted molar refractivity (Wildman–Crippen MR) is 46.6 cm³/mol. The number of rotatable bonds is 1. The van der Waals surface area contributed by atoms with Gasteiger partial charge < -0.3 is 4.90 Å². The number of hydrogen-bond donors (Lipinski definition) is 2. The van der Waals surface area contributed by atoms with Crippen molar-refractivity contribution in [2.45, 2.75) is 0 Å². The average molecular weight is 283 g/mol. The zero-order valence-electron chi connectivity index (χ0n) is 7.95. The summed E-state index contributed by atoms with van der Waals surface area (Å²) < 4.78 is 32.0. The van der Waals surface area contributed by atoms with Crippen LogP contribution in [0.4, 0.5) is 5.69 Å². The molecule has 14 heavy (non-hydrogen) atoms. The Balaban J connectivity index is 0.000000292. The molecule has 5 nitrogen and oxygen atoms in total. The minimum atomic E-state index is -5.52. The minimum absolute atomic E-state index is 1.25. The monoisotopic (exact) mass is 285 g/mol. The van der Waals surface area contributed by atoms with Crippen molar-refractivity contribution < 1.29 is 31.1 Å². The maximum absolute atomic E-state index is 8.85. The van der Waals surface area contributed by atoms with Crippen LogP contribution in [0, 0.1) is 0 Å². The first-order chi connectivity index (χ1) is 6.30. The molecule has 0 radical (unpaired) electrons. The van der Waals surface area contributed by atoms with Gasteiger partial charge in [0.1, 0.15) is 0 Å². The average Bonchev–Trinajstić information content (AvgIpc) is 2.03. The van der Waals surface area contributed by atoms with Gasteiger partial charge in [-0.15, -0.1) is 0 Å². The Morgan fingerprint density at radius 1 is 1.07 bits per heavy atom. The van der Waals surface area contributed by atoms with E-state index < -0.39 is 16.7 Å². The van der Waals surface area contributed by atoms with E-state index in [4.69, 9.17) is 14.3 Å². The molecule has 0 fully saturated rings. The summed E-state index contributed by atoms with van der Waals surface area (Å²) in [5.74, 6) is 0. The molecule has 0 aromatic heterocycles. The van der Waals surface area contributed by atoms with Crippen LogP contribution in [0.25, 0.3) is 0 Å². The van der Waals surface area contributed by atoms with Gasteiger partial charge in [0.25, 0.3) is 0 Å². The molecule has 0 spiro atoms. The number of nitrogens with zero attached hydrogens (tertiary/aromatic N) is 1. The molecule has 6 heteroatoms. The number of hydrogen-bond acceptors (Lipinski definition) is 3. The topological polar surface area (TPSA) is 77.8 Å². The van der Waals surface area contributed by atoms with Gasteiger partial charge in [-0.25, -0.2) is 0 Å². The maximum atomic E-state index is 8.85. The van der Waals surface area contributed by atoms with Crippen LogP contribution in [-0.2, 0) is 23.5 Å². The van der Waals surface area contributed by atoms with Crippen LogP contribution in [0.5, 0.6) is 0 Å². The molecule has 0 amide bonds. The summed E-state index contributed by atoms with van der Waals surface area (Å²) in [5, 5.41) is 0.